The second-order valence-corrected chi connectivity index (χ2v) is 3.70. The average molecular weight is 207 g/mol. The molecule has 0 atom stereocenters. The number of carbonyl (C=O) groups is 2. The van der Waals surface area contributed by atoms with Gasteiger partial charge in [0.05, 0.1) is 0 Å². The van der Waals surface area contributed by atoms with Crippen molar-refractivity contribution >= 4 is 28.2 Å². The maximum Gasteiger partial charge on any atom is 0.255 e. The van der Waals surface area contributed by atoms with Gasteiger partial charge in [-0.25, -0.2) is 0 Å². The van der Waals surface area contributed by atoms with Crippen molar-refractivity contribution in [2.45, 2.75) is 17.2 Å². The van der Waals surface area contributed by atoms with E-state index in [-0.39, 0.29) is 5.91 Å². The monoisotopic (exact) mass is 206 g/mol. The first-order valence-corrected chi connectivity index (χ1v) is 3.67. The summed E-state index contributed by atoms with van der Waals surface area (Å²) in [6.07, 6.45) is 2.09. The van der Waals surface area contributed by atoms with E-state index in [2.05, 4.69) is 26.8 Å². The summed E-state index contributed by atoms with van der Waals surface area (Å²) in [4.78, 5) is 20.6. The molecule has 1 saturated carbocycles. The fraction of sp³-hybridized carbons (Fsp3) is 0.600. The molecule has 2 N–H and O–H groups in total. The predicted octanol–water partition coefficient (Wildman–Crippen LogP) is -0.309. The second kappa shape index (κ2) is 2.57. The highest BCUT2D eigenvalue weighted by Crippen LogP contribution is 2.44. The van der Waals surface area contributed by atoms with E-state index in [1.54, 1.807) is 0 Å². The number of hydrogen-bond donors (Lipinski definition) is 2. The van der Waals surface area contributed by atoms with Crippen LogP contribution in [0.5, 0.6) is 0 Å². The van der Waals surface area contributed by atoms with Crippen LogP contribution in [0, 0.1) is 0 Å². The van der Waals surface area contributed by atoms with Crippen molar-refractivity contribution in [3.8, 4) is 0 Å². The highest BCUT2D eigenvalue weighted by atomic mass is 79.9. The Morgan fingerprint density at radius 1 is 1.60 bits per heavy atom. The molecule has 0 bridgehead atoms. The fourth-order valence-electron chi connectivity index (χ4n) is 0.544. The molecule has 5 heteroatoms. The summed E-state index contributed by atoms with van der Waals surface area (Å²) in [5.41, 5.74) is 4.32. The molecule has 1 fully saturated rings. The Balaban J connectivity index is 2.28. The van der Waals surface area contributed by atoms with Crippen molar-refractivity contribution in [2.24, 2.45) is 0 Å². The van der Waals surface area contributed by atoms with E-state index in [9.17, 15) is 9.59 Å². The first-order chi connectivity index (χ1) is 4.69. The van der Waals surface area contributed by atoms with Crippen molar-refractivity contribution in [2.75, 3.05) is 0 Å². The van der Waals surface area contributed by atoms with Gasteiger partial charge in [0.25, 0.3) is 5.91 Å². The third kappa shape index (κ3) is 1.47. The van der Waals surface area contributed by atoms with Crippen LogP contribution in [0.15, 0.2) is 0 Å². The van der Waals surface area contributed by atoms with Crippen LogP contribution in [0.3, 0.4) is 0 Å². The van der Waals surface area contributed by atoms with Crippen molar-refractivity contribution in [1.29, 1.82) is 0 Å². The molecule has 0 saturated heterocycles. The number of hydrogen-bond acceptors (Lipinski definition) is 2. The molecular weight excluding hydrogens is 200 g/mol. The Morgan fingerprint density at radius 3 is 2.60 bits per heavy atom. The quantitative estimate of drug-likeness (QED) is 0.379. The molecule has 2 amide bonds. The van der Waals surface area contributed by atoms with Gasteiger partial charge in [0.1, 0.15) is 4.32 Å². The zero-order valence-corrected chi connectivity index (χ0v) is 6.77. The van der Waals surface area contributed by atoms with E-state index in [1.807, 2.05) is 0 Å². The summed E-state index contributed by atoms with van der Waals surface area (Å²) in [5, 5.41) is 0. The average Bonchev–Trinajstić information content (AvgIpc) is 2.64. The molecule has 56 valence electrons. The lowest BCUT2D eigenvalue weighted by molar-refractivity contribution is -0.124. The largest absolute Gasteiger partial charge is 0.277 e. The van der Waals surface area contributed by atoms with Crippen LogP contribution in [0.1, 0.15) is 12.8 Å². The summed E-state index contributed by atoms with van der Waals surface area (Å²) >= 11 is 3.22. The van der Waals surface area contributed by atoms with Crippen LogP contribution >= 0.6 is 15.9 Å². The summed E-state index contributed by atoms with van der Waals surface area (Å²) < 4.78 is -0.400. The molecule has 1 aliphatic carbocycles. The Labute approximate surface area is 66.5 Å². The normalized spacial score (nSPS) is 19.3. The van der Waals surface area contributed by atoms with E-state index in [0.29, 0.717) is 6.41 Å². The van der Waals surface area contributed by atoms with Gasteiger partial charge in [-0.1, -0.05) is 15.9 Å². The maximum atomic E-state index is 10.9. The summed E-state index contributed by atoms with van der Waals surface area (Å²) in [5.74, 6) is -0.181. The van der Waals surface area contributed by atoms with E-state index < -0.39 is 4.32 Å². The minimum Gasteiger partial charge on any atom is -0.277 e. The summed E-state index contributed by atoms with van der Waals surface area (Å²) in [7, 11) is 0. The fourth-order valence-corrected chi connectivity index (χ4v) is 0.841. The van der Waals surface area contributed by atoms with Crippen LogP contribution in [-0.2, 0) is 9.59 Å². The third-order valence-electron chi connectivity index (χ3n) is 1.34. The number of carbonyl (C=O) groups excluding carboxylic acids is 2. The van der Waals surface area contributed by atoms with Gasteiger partial charge in [-0.15, -0.1) is 0 Å². The molecule has 1 rings (SSSR count). The summed E-state index contributed by atoms with van der Waals surface area (Å²) in [6, 6.07) is 0. The van der Waals surface area contributed by atoms with Crippen LogP contribution in [0.25, 0.3) is 0 Å². The van der Waals surface area contributed by atoms with Gasteiger partial charge in [-0.05, 0) is 12.8 Å². The van der Waals surface area contributed by atoms with E-state index in [0.717, 1.165) is 12.8 Å². The molecular formula is C5H7BrN2O2. The Kier molecular flexibility index (Phi) is 1.94. The molecule has 0 aromatic heterocycles. The number of nitrogens with one attached hydrogen (secondary N) is 2. The van der Waals surface area contributed by atoms with E-state index in [1.165, 1.54) is 0 Å². The lowest BCUT2D eigenvalue weighted by Gasteiger charge is -2.05. The number of rotatable bonds is 3. The molecule has 0 spiro atoms. The number of amides is 2. The Morgan fingerprint density at radius 2 is 2.20 bits per heavy atom. The van der Waals surface area contributed by atoms with Gasteiger partial charge in [0.2, 0.25) is 6.41 Å². The Hall–Kier alpha value is -0.580. The molecule has 1 aliphatic rings. The van der Waals surface area contributed by atoms with Crippen molar-refractivity contribution in [3.63, 3.8) is 0 Å². The van der Waals surface area contributed by atoms with Crippen molar-refractivity contribution in [1.82, 2.24) is 10.9 Å². The molecule has 0 aromatic carbocycles. The standard InChI is InChI=1S/C5H7BrN2O2/c6-5(1-2-5)4(10)8-7-3-9/h3H,1-2H2,(H,7,9)(H,8,10). The zero-order chi connectivity index (χ0) is 7.61. The number of alkyl halides is 1. The molecule has 0 aromatic rings. The van der Waals surface area contributed by atoms with Crippen molar-refractivity contribution < 1.29 is 9.59 Å². The SMILES string of the molecule is O=CNNC(=O)C1(Br)CC1. The lowest BCUT2D eigenvalue weighted by atomic mass is 10.4. The predicted molar refractivity (Wildman–Crippen MR) is 38.2 cm³/mol. The summed E-state index contributed by atoms with van der Waals surface area (Å²) in [6.45, 7) is 0. The van der Waals surface area contributed by atoms with Crippen LogP contribution < -0.4 is 10.9 Å². The number of halogens is 1. The first kappa shape index (κ1) is 7.53. The minimum absolute atomic E-state index is 0.181. The van der Waals surface area contributed by atoms with Crippen LogP contribution in [0.2, 0.25) is 0 Å². The highest BCUT2D eigenvalue weighted by molar-refractivity contribution is 9.10. The molecule has 0 aliphatic heterocycles. The molecule has 10 heavy (non-hydrogen) atoms. The number of hydrazine groups is 1. The smallest absolute Gasteiger partial charge is 0.255 e. The van der Waals surface area contributed by atoms with Crippen LogP contribution in [0.4, 0.5) is 0 Å². The third-order valence-corrected chi connectivity index (χ3v) is 2.49. The Bertz CT molecular complexity index is 167. The van der Waals surface area contributed by atoms with Crippen molar-refractivity contribution in [3.05, 3.63) is 0 Å². The lowest BCUT2D eigenvalue weighted by Crippen LogP contribution is -2.41. The first-order valence-electron chi connectivity index (χ1n) is 2.87. The zero-order valence-electron chi connectivity index (χ0n) is 5.19. The topological polar surface area (TPSA) is 58.2 Å². The van der Waals surface area contributed by atoms with E-state index in [4.69, 9.17) is 0 Å². The molecule has 0 unspecified atom stereocenters. The molecule has 0 heterocycles. The molecule has 0 radical (unpaired) electrons. The van der Waals surface area contributed by atoms with Gasteiger partial charge < -0.3 is 0 Å². The van der Waals surface area contributed by atoms with E-state index >= 15 is 0 Å². The molecule has 4 nitrogen and oxygen atoms in total. The van der Waals surface area contributed by atoms with Gasteiger partial charge in [-0.2, -0.15) is 0 Å². The van der Waals surface area contributed by atoms with Gasteiger partial charge in [0, 0.05) is 0 Å². The van der Waals surface area contributed by atoms with Gasteiger partial charge in [0.15, 0.2) is 0 Å². The maximum absolute atomic E-state index is 10.9. The van der Waals surface area contributed by atoms with Crippen LogP contribution in [-0.4, -0.2) is 16.6 Å². The van der Waals surface area contributed by atoms with Gasteiger partial charge in [-0.3, -0.25) is 20.4 Å². The second-order valence-electron chi connectivity index (χ2n) is 2.18. The van der Waals surface area contributed by atoms with Gasteiger partial charge >= 0.3 is 0 Å². The highest BCUT2D eigenvalue weighted by Gasteiger charge is 2.47. The minimum atomic E-state index is -0.400.